The Labute approximate surface area is 195 Å². The van der Waals surface area contributed by atoms with Crippen molar-refractivity contribution in [2.75, 3.05) is 6.61 Å². The van der Waals surface area contributed by atoms with E-state index >= 15 is 0 Å². The van der Waals surface area contributed by atoms with Crippen molar-refractivity contribution in [3.05, 3.63) is 12.7 Å². The zero-order valence-electron chi connectivity index (χ0n) is 21.0. The lowest BCUT2D eigenvalue weighted by molar-refractivity contribution is -0.217. The van der Waals surface area contributed by atoms with E-state index in [0.29, 0.717) is 35.2 Å². The molecule has 0 heterocycles. The van der Waals surface area contributed by atoms with Crippen LogP contribution in [0.25, 0.3) is 0 Å². The molecule has 5 aliphatic rings. The molecule has 0 aliphatic heterocycles. The minimum Gasteiger partial charge on any atom is -0.461 e. The number of hydrogen-bond donors (Lipinski definition) is 1. The van der Waals surface area contributed by atoms with Gasteiger partial charge in [0, 0.05) is 0 Å². The summed E-state index contributed by atoms with van der Waals surface area (Å²) in [6.45, 7) is 14.0. The predicted octanol–water partition coefficient (Wildman–Crippen LogP) is 6.54. The van der Waals surface area contributed by atoms with Gasteiger partial charge in [0.1, 0.15) is 6.61 Å². The van der Waals surface area contributed by atoms with Crippen LogP contribution in [0.4, 0.5) is 0 Å². The molecule has 0 amide bonds. The van der Waals surface area contributed by atoms with Crippen LogP contribution in [0.1, 0.15) is 98.3 Å². The molecule has 3 heteroatoms. The average Bonchev–Trinajstić information content (AvgIpc) is 3.20. The second-order valence-corrected chi connectivity index (χ2v) is 13.5. The molecule has 32 heavy (non-hydrogen) atoms. The van der Waals surface area contributed by atoms with Crippen molar-refractivity contribution < 1.29 is 14.6 Å². The molecule has 0 saturated heterocycles. The van der Waals surface area contributed by atoms with Crippen molar-refractivity contribution in [3.8, 4) is 0 Å². The van der Waals surface area contributed by atoms with Gasteiger partial charge >= 0.3 is 5.97 Å². The van der Waals surface area contributed by atoms with Gasteiger partial charge in [0.2, 0.25) is 0 Å². The first kappa shape index (κ1) is 22.9. The molecule has 0 bridgehead atoms. The molecule has 0 aromatic carbocycles. The van der Waals surface area contributed by atoms with Crippen molar-refractivity contribution in [2.45, 2.75) is 104 Å². The second kappa shape index (κ2) is 7.59. The third-order valence-corrected chi connectivity index (χ3v) is 12.2. The largest absolute Gasteiger partial charge is 0.461 e. The minimum absolute atomic E-state index is 0.0211. The number of hydrogen-bond acceptors (Lipinski definition) is 3. The number of ether oxygens (including phenoxy) is 1. The molecule has 9 atom stereocenters. The first-order valence-electron chi connectivity index (χ1n) is 13.6. The van der Waals surface area contributed by atoms with E-state index in [-0.39, 0.29) is 22.9 Å². The summed E-state index contributed by atoms with van der Waals surface area (Å²) in [6.07, 6.45) is 14.5. The normalized spacial score (nSPS) is 51.5. The molecule has 5 fully saturated rings. The standard InChI is InChI=1S/C29H46O3/c1-6-18-32-25(31)29-14-7-8-21(29)19-9-10-23-27(4,20(19)11-17-29)15-12-22-26(2,3)24(30)13-16-28(22,23)5/h6,19-24,30H,1,7-18H2,2-5H3. The van der Waals surface area contributed by atoms with Crippen LogP contribution in [0.15, 0.2) is 12.7 Å². The van der Waals surface area contributed by atoms with Crippen LogP contribution in [0.5, 0.6) is 0 Å². The monoisotopic (exact) mass is 442 g/mol. The summed E-state index contributed by atoms with van der Waals surface area (Å²) in [5.41, 5.74) is 0.527. The molecule has 1 N–H and O–H groups in total. The highest BCUT2D eigenvalue weighted by Crippen LogP contribution is 2.73. The maximum absolute atomic E-state index is 13.2. The molecule has 9 unspecified atom stereocenters. The summed E-state index contributed by atoms with van der Waals surface area (Å²) in [4.78, 5) is 13.2. The van der Waals surface area contributed by atoms with Gasteiger partial charge in [-0.2, -0.15) is 0 Å². The van der Waals surface area contributed by atoms with E-state index < -0.39 is 0 Å². The fraction of sp³-hybridized carbons (Fsp3) is 0.897. The quantitative estimate of drug-likeness (QED) is 0.399. The number of carbonyl (C=O) groups is 1. The molecular formula is C29H46O3. The van der Waals surface area contributed by atoms with Crippen LogP contribution in [0, 0.1) is 51.2 Å². The summed E-state index contributed by atoms with van der Waals surface area (Å²) < 4.78 is 5.69. The van der Waals surface area contributed by atoms with E-state index in [4.69, 9.17) is 4.74 Å². The van der Waals surface area contributed by atoms with Crippen LogP contribution in [-0.2, 0) is 9.53 Å². The highest BCUT2D eigenvalue weighted by molar-refractivity contribution is 5.78. The van der Waals surface area contributed by atoms with Gasteiger partial charge in [-0.1, -0.05) is 46.8 Å². The lowest BCUT2D eigenvalue weighted by Gasteiger charge is -2.69. The third kappa shape index (κ3) is 2.91. The van der Waals surface area contributed by atoms with Crippen molar-refractivity contribution in [1.29, 1.82) is 0 Å². The Balaban J connectivity index is 1.44. The van der Waals surface area contributed by atoms with Crippen LogP contribution >= 0.6 is 0 Å². The van der Waals surface area contributed by atoms with Crippen LogP contribution in [0.3, 0.4) is 0 Å². The summed E-state index contributed by atoms with van der Waals surface area (Å²) in [5, 5.41) is 10.8. The van der Waals surface area contributed by atoms with E-state index in [1.807, 2.05) is 0 Å². The Morgan fingerprint density at radius 3 is 2.41 bits per heavy atom. The van der Waals surface area contributed by atoms with Gasteiger partial charge in [0.25, 0.3) is 0 Å². The van der Waals surface area contributed by atoms with E-state index in [9.17, 15) is 9.90 Å². The fourth-order valence-corrected chi connectivity index (χ4v) is 10.8. The Hall–Kier alpha value is -0.830. The maximum atomic E-state index is 13.2. The SMILES string of the molecule is C=CCOC(=O)C12CCCC1C1CCC3C(C)(CCC4C(C)(C)C(O)CCC43C)C1CC2. The molecule has 5 saturated carbocycles. The van der Waals surface area contributed by atoms with E-state index in [1.165, 1.54) is 51.4 Å². The van der Waals surface area contributed by atoms with Gasteiger partial charge in [0.15, 0.2) is 0 Å². The molecule has 0 spiro atoms. The van der Waals surface area contributed by atoms with Gasteiger partial charge in [-0.3, -0.25) is 4.79 Å². The Kier molecular flexibility index (Phi) is 5.44. The lowest BCUT2D eigenvalue weighted by atomic mass is 9.36. The first-order valence-corrected chi connectivity index (χ1v) is 13.6. The van der Waals surface area contributed by atoms with Gasteiger partial charge in [0.05, 0.1) is 11.5 Å². The van der Waals surface area contributed by atoms with Crippen molar-refractivity contribution >= 4 is 5.97 Å². The number of esters is 1. The minimum atomic E-state index is -0.217. The maximum Gasteiger partial charge on any atom is 0.312 e. The summed E-state index contributed by atoms with van der Waals surface area (Å²) in [5.74, 6) is 3.40. The molecule has 180 valence electrons. The smallest absolute Gasteiger partial charge is 0.312 e. The van der Waals surface area contributed by atoms with Gasteiger partial charge in [-0.15, -0.1) is 0 Å². The molecule has 0 radical (unpaired) electrons. The van der Waals surface area contributed by atoms with Crippen molar-refractivity contribution in [3.63, 3.8) is 0 Å². The number of rotatable bonds is 3. The highest BCUT2D eigenvalue weighted by atomic mass is 16.5. The second-order valence-electron chi connectivity index (χ2n) is 13.5. The Morgan fingerprint density at radius 1 is 0.906 bits per heavy atom. The molecular weight excluding hydrogens is 396 g/mol. The topological polar surface area (TPSA) is 46.5 Å². The van der Waals surface area contributed by atoms with Crippen molar-refractivity contribution in [2.24, 2.45) is 51.2 Å². The van der Waals surface area contributed by atoms with E-state index in [0.717, 1.165) is 31.1 Å². The number of aliphatic hydroxyl groups excluding tert-OH is 1. The van der Waals surface area contributed by atoms with Crippen LogP contribution in [-0.4, -0.2) is 23.8 Å². The molecule has 5 aliphatic carbocycles. The third-order valence-electron chi connectivity index (χ3n) is 12.2. The molecule has 0 aromatic rings. The molecule has 3 nitrogen and oxygen atoms in total. The summed E-state index contributed by atoms with van der Waals surface area (Å²) in [7, 11) is 0. The fourth-order valence-electron chi connectivity index (χ4n) is 10.8. The molecule has 0 aromatic heterocycles. The lowest BCUT2D eigenvalue weighted by Crippen LogP contribution is -2.63. The zero-order chi connectivity index (χ0) is 22.9. The first-order chi connectivity index (χ1) is 15.1. The van der Waals surface area contributed by atoms with Crippen LogP contribution < -0.4 is 0 Å². The summed E-state index contributed by atoms with van der Waals surface area (Å²) >= 11 is 0. The number of carbonyl (C=O) groups excluding carboxylic acids is 1. The van der Waals surface area contributed by atoms with Crippen molar-refractivity contribution in [1.82, 2.24) is 0 Å². The van der Waals surface area contributed by atoms with E-state index in [2.05, 4.69) is 34.3 Å². The Morgan fingerprint density at radius 2 is 1.66 bits per heavy atom. The number of aliphatic hydroxyl groups is 1. The zero-order valence-corrected chi connectivity index (χ0v) is 21.0. The van der Waals surface area contributed by atoms with Crippen LogP contribution in [0.2, 0.25) is 0 Å². The summed E-state index contributed by atoms with van der Waals surface area (Å²) in [6, 6.07) is 0. The highest BCUT2D eigenvalue weighted by Gasteiger charge is 2.67. The molecule has 5 rings (SSSR count). The Bertz CT molecular complexity index is 772. The van der Waals surface area contributed by atoms with Gasteiger partial charge in [-0.05, 0) is 110 Å². The number of fused-ring (bicyclic) bond motifs is 7. The van der Waals surface area contributed by atoms with Gasteiger partial charge < -0.3 is 9.84 Å². The van der Waals surface area contributed by atoms with E-state index in [1.54, 1.807) is 6.08 Å². The van der Waals surface area contributed by atoms with Gasteiger partial charge in [-0.25, -0.2) is 0 Å². The predicted molar refractivity (Wildman–Crippen MR) is 128 cm³/mol. The average molecular weight is 443 g/mol.